The summed E-state index contributed by atoms with van der Waals surface area (Å²) in [6.07, 6.45) is -1.05. The fourth-order valence-electron chi connectivity index (χ4n) is 1.13. The van der Waals surface area contributed by atoms with E-state index in [0.717, 1.165) is 4.47 Å². The SMILES string of the molecule is COC(=O)[C@@H](N)[C@H](O)c1ccc(Br)cc1. The van der Waals surface area contributed by atoms with Gasteiger partial charge in [0.25, 0.3) is 0 Å². The summed E-state index contributed by atoms with van der Waals surface area (Å²) in [5.74, 6) is -0.634. The summed E-state index contributed by atoms with van der Waals surface area (Å²) in [5.41, 5.74) is 6.08. The monoisotopic (exact) mass is 273 g/mol. The van der Waals surface area contributed by atoms with Crippen LogP contribution < -0.4 is 5.73 Å². The van der Waals surface area contributed by atoms with Gasteiger partial charge in [0.15, 0.2) is 0 Å². The zero-order valence-electron chi connectivity index (χ0n) is 8.18. The lowest BCUT2D eigenvalue weighted by atomic mass is 10.0. The Morgan fingerprint density at radius 1 is 1.47 bits per heavy atom. The molecule has 1 aromatic carbocycles. The van der Waals surface area contributed by atoms with Gasteiger partial charge in [0.05, 0.1) is 7.11 Å². The van der Waals surface area contributed by atoms with Crippen molar-refractivity contribution < 1.29 is 14.6 Å². The van der Waals surface area contributed by atoms with Crippen LogP contribution in [0.1, 0.15) is 11.7 Å². The van der Waals surface area contributed by atoms with Crippen molar-refractivity contribution in [3.05, 3.63) is 34.3 Å². The number of hydrogen-bond donors (Lipinski definition) is 2. The number of nitrogens with two attached hydrogens (primary N) is 1. The van der Waals surface area contributed by atoms with E-state index in [1.165, 1.54) is 7.11 Å². The minimum atomic E-state index is -1.06. The molecule has 1 rings (SSSR count). The molecule has 2 atom stereocenters. The maximum atomic E-state index is 11.1. The Bertz CT molecular complexity index is 339. The van der Waals surface area contributed by atoms with E-state index in [2.05, 4.69) is 20.7 Å². The minimum absolute atomic E-state index is 0.580. The molecule has 0 heterocycles. The van der Waals surface area contributed by atoms with Gasteiger partial charge in [-0.25, -0.2) is 0 Å². The summed E-state index contributed by atoms with van der Waals surface area (Å²) in [4.78, 5) is 11.1. The number of methoxy groups -OCH3 is 1. The maximum absolute atomic E-state index is 11.1. The molecule has 0 spiro atoms. The second kappa shape index (κ2) is 5.25. The van der Waals surface area contributed by atoms with Gasteiger partial charge in [-0.15, -0.1) is 0 Å². The molecule has 5 heteroatoms. The molecule has 1 aromatic rings. The van der Waals surface area contributed by atoms with Crippen molar-refractivity contribution in [1.29, 1.82) is 0 Å². The van der Waals surface area contributed by atoms with Crippen LogP contribution in [0, 0.1) is 0 Å². The maximum Gasteiger partial charge on any atom is 0.325 e. The molecule has 15 heavy (non-hydrogen) atoms. The largest absolute Gasteiger partial charge is 0.468 e. The second-order valence-electron chi connectivity index (χ2n) is 3.05. The van der Waals surface area contributed by atoms with Crippen LogP contribution in [0.15, 0.2) is 28.7 Å². The van der Waals surface area contributed by atoms with E-state index in [1.807, 2.05) is 0 Å². The van der Waals surface area contributed by atoms with Gasteiger partial charge in [-0.3, -0.25) is 4.79 Å². The van der Waals surface area contributed by atoms with Gasteiger partial charge < -0.3 is 15.6 Å². The van der Waals surface area contributed by atoms with Crippen LogP contribution in [0.5, 0.6) is 0 Å². The Labute approximate surface area is 96.2 Å². The van der Waals surface area contributed by atoms with E-state index in [9.17, 15) is 9.90 Å². The highest BCUT2D eigenvalue weighted by molar-refractivity contribution is 9.10. The van der Waals surface area contributed by atoms with Crippen molar-refractivity contribution in [2.75, 3.05) is 7.11 Å². The van der Waals surface area contributed by atoms with Crippen molar-refractivity contribution in [3.8, 4) is 0 Å². The van der Waals surface area contributed by atoms with Crippen LogP contribution in [0.3, 0.4) is 0 Å². The molecule has 0 saturated heterocycles. The molecule has 0 aromatic heterocycles. The predicted molar refractivity (Wildman–Crippen MR) is 59.1 cm³/mol. The number of aliphatic hydroxyl groups excluding tert-OH is 1. The van der Waals surface area contributed by atoms with Crippen LogP contribution in [0.4, 0.5) is 0 Å². The fourth-order valence-corrected chi connectivity index (χ4v) is 1.40. The summed E-state index contributed by atoms with van der Waals surface area (Å²) >= 11 is 3.27. The Morgan fingerprint density at radius 2 is 2.00 bits per heavy atom. The minimum Gasteiger partial charge on any atom is -0.468 e. The Balaban J connectivity index is 2.80. The number of aliphatic hydroxyl groups is 1. The van der Waals surface area contributed by atoms with Crippen LogP contribution in [-0.2, 0) is 9.53 Å². The van der Waals surface area contributed by atoms with Crippen LogP contribution in [-0.4, -0.2) is 24.2 Å². The average molecular weight is 274 g/mol. The lowest BCUT2D eigenvalue weighted by Gasteiger charge is -2.16. The van der Waals surface area contributed by atoms with Gasteiger partial charge in [-0.2, -0.15) is 0 Å². The average Bonchev–Trinajstić information content (AvgIpc) is 2.27. The molecule has 82 valence electrons. The fraction of sp³-hybridized carbons (Fsp3) is 0.300. The Kier molecular flexibility index (Phi) is 4.26. The molecular formula is C10H12BrNO3. The van der Waals surface area contributed by atoms with Crippen molar-refractivity contribution in [2.45, 2.75) is 12.1 Å². The highest BCUT2D eigenvalue weighted by Gasteiger charge is 2.24. The zero-order valence-corrected chi connectivity index (χ0v) is 9.77. The van der Waals surface area contributed by atoms with Gasteiger partial charge in [0, 0.05) is 4.47 Å². The molecular weight excluding hydrogens is 262 g/mol. The lowest BCUT2D eigenvalue weighted by molar-refractivity contribution is -0.145. The standard InChI is InChI=1S/C10H12BrNO3/c1-15-10(14)8(12)9(13)6-2-4-7(11)5-3-6/h2-5,8-9,13H,12H2,1H3/t8-,9+/m0/s1. The van der Waals surface area contributed by atoms with Crippen molar-refractivity contribution >= 4 is 21.9 Å². The third kappa shape index (κ3) is 3.02. The smallest absolute Gasteiger partial charge is 0.325 e. The van der Waals surface area contributed by atoms with E-state index in [-0.39, 0.29) is 0 Å². The summed E-state index contributed by atoms with van der Waals surface area (Å²) < 4.78 is 5.34. The highest BCUT2D eigenvalue weighted by atomic mass is 79.9. The van der Waals surface area contributed by atoms with E-state index >= 15 is 0 Å². The molecule has 0 unspecified atom stereocenters. The van der Waals surface area contributed by atoms with Crippen molar-refractivity contribution in [3.63, 3.8) is 0 Å². The number of rotatable bonds is 3. The molecule has 0 aliphatic heterocycles. The quantitative estimate of drug-likeness (QED) is 0.806. The zero-order chi connectivity index (χ0) is 11.4. The normalized spacial score (nSPS) is 14.4. The molecule has 4 nitrogen and oxygen atoms in total. The summed E-state index contributed by atoms with van der Waals surface area (Å²) in [6, 6.07) is 5.86. The third-order valence-electron chi connectivity index (χ3n) is 2.03. The molecule has 3 N–H and O–H groups in total. The van der Waals surface area contributed by atoms with E-state index in [4.69, 9.17) is 5.73 Å². The van der Waals surface area contributed by atoms with Crippen LogP contribution >= 0.6 is 15.9 Å². The molecule has 0 amide bonds. The first-order valence-electron chi connectivity index (χ1n) is 4.33. The first-order valence-corrected chi connectivity index (χ1v) is 5.12. The van der Waals surface area contributed by atoms with Gasteiger partial charge >= 0.3 is 5.97 Å². The van der Waals surface area contributed by atoms with Crippen molar-refractivity contribution in [1.82, 2.24) is 0 Å². The molecule has 0 aliphatic rings. The first-order chi connectivity index (χ1) is 7.06. The van der Waals surface area contributed by atoms with E-state index in [1.54, 1.807) is 24.3 Å². The van der Waals surface area contributed by atoms with Gasteiger partial charge in [-0.05, 0) is 17.7 Å². The topological polar surface area (TPSA) is 72.5 Å². The molecule has 0 aliphatic carbocycles. The number of carbonyl (C=O) groups is 1. The van der Waals surface area contributed by atoms with Crippen molar-refractivity contribution in [2.24, 2.45) is 5.73 Å². The van der Waals surface area contributed by atoms with Crippen LogP contribution in [0.25, 0.3) is 0 Å². The number of esters is 1. The summed E-state index contributed by atoms with van der Waals surface area (Å²) in [7, 11) is 1.23. The van der Waals surface area contributed by atoms with E-state index < -0.39 is 18.1 Å². The third-order valence-corrected chi connectivity index (χ3v) is 2.55. The first kappa shape index (κ1) is 12.2. The van der Waals surface area contributed by atoms with E-state index in [0.29, 0.717) is 5.56 Å². The van der Waals surface area contributed by atoms with Gasteiger partial charge in [-0.1, -0.05) is 28.1 Å². The number of carbonyl (C=O) groups excluding carboxylic acids is 1. The molecule has 0 bridgehead atoms. The number of hydrogen-bond acceptors (Lipinski definition) is 4. The second-order valence-corrected chi connectivity index (χ2v) is 3.96. The highest BCUT2D eigenvalue weighted by Crippen LogP contribution is 2.19. The Hall–Kier alpha value is -0.910. The molecule has 0 radical (unpaired) electrons. The lowest BCUT2D eigenvalue weighted by Crippen LogP contribution is -2.37. The summed E-state index contributed by atoms with van der Waals surface area (Å²) in [5, 5.41) is 9.74. The van der Waals surface area contributed by atoms with Gasteiger partial charge in [0.2, 0.25) is 0 Å². The molecule has 0 fully saturated rings. The van der Waals surface area contributed by atoms with Gasteiger partial charge in [0.1, 0.15) is 12.1 Å². The van der Waals surface area contributed by atoms with Crippen LogP contribution in [0.2, 0.25) is 0 Å². The Morgan fingerprint density at radius 3 is 2.47 bits per heavy atom. The number of halogens is 1. The molecule has 0 saturated carbocycles. The number of benzene rings is 1. The summed E-state index contributed by atoms with van der Waals surface area (Å²) in [6.45, 7) is 0. The number of ether oxygens (including phenoxy) is 1. The predicted octanol–water partition coefficient (Wildman–Crippen LogP) is 0.983.